The van der Waals surface area contributed by atoms with E-state index in [0.29, 0.717) is 11.6 Å². The predicted octanol–water partition coefficient (Wildman–Crippen LogP) is 0.644. The predicted molar refractivity (Wildman–Crippen MR) is 64.0 cm³/mol. The molecule has 0 amide bonds. The van der Waals surface area contributed by atoms with Gasteiger partial charge in [0.15, 0.2) is 11.6 Å². The van der Waals surface area contributed by atoms with Crippen molar-refractivity contribution in [2.45, 2.75) is 6.61 Å². The monoisotopic (exact) mass is 283 g/mol. The molecule has 0 saturated carbocycles. The van der Waals surface area contributed by atoms with E-state index in [4.69, 9.17) is 16.3 Å². The normalized spacial score (nSPS) is 10.5. The number of methoxy groups -OCH3 is 2. The van der Waals surface area contributed by atoms with Gasteiger partial charge in [0.25, 0.3) is 5.82 Å². The van der Waals surface area contributed by atoms with Gasteiger partial charge in [0.2, 0.25) is 0 Å². The van der Waals surface area contributed by atoms with Crippen molar-refractivity contribution < 1.29 is 14.3 Å². The molecule has 2 rings (SSSR count). The van der Waals surface area contributed by atoms with Crippen molar-refractivity contribution in [2.24, 2.45) is 0 Å². The Morgan fingerprint density at radius 2 is 2.21 bits per heavy atom. The molecule has 0 atom stereocenters. The van der Waals surface area contributed by atoms with Crippen LogP contribution in [0.25, 0.3) is 5.82 Å². The zero-order valence-electron chi connectivity index (χ0n) is 10.2. The third-order valence-electron chi connectivity index (χ3n) is 2.10. The van der Waals surface area contributed by atoms with Crippen LogP contribution in [-0.2, 0) is 16.1 Å². The summed E-state index contributed by atoms with van der Waals surface area (Å²) in [7, 11) is 2.77. The van der Waals surface area contributed by atoms with E-state index in [1.165, 1.54) is 31.3 Å². The zero-order chi connectivity index (χ0) is 13.8. The molecule has 2 aromatic heterocycles. The Hall–Kier alpha value is -2.06. The lowest BCUT2D eigenvalue weighted by atomic mass is 10.5. The van der Waals surface area contributed by atoms with Gasteiger partial charge < -0.3 is 9.47 Å². The Kier molecular flexibility index (Phi) is 4.03. The van der Waals surface area contributed by atoms with Crippen LogP contribution in [0.4, 0.5) is 0 Å². The zero-order valence-corrected chi connectivity index (χ0v) is 11.0. The average molecular weight is 284 g/mol. The van der Waals surface area contributed by atoms with Crippen molar-refractivity contribution in [1.82, 2.24) is 24.7 Å². The molecule has 2 heterocycles. The maximum absolute atomic E-state index is 11.3. The summed E-state index contributed by atoms with van der Waals surface area (Å²) in [5.41, 5.74) is 0. The lowest BCUT2D eigenvalue weighted by molar-refractivity contribution is 0.0587. The van der Waals surface area contributed by atoms with E-state index in [0.717, 1.165) is 0 Å². The second-order valence-corrected chi connectivity index (χ2v) is 3.79. The van der Waals surface area contributed by atoms with Gasteiger partial charge in [-0.15, -0.1) is 5.10 Å². The molecule has 0 N–H and O–H groups in total. The maximum Gasteiger partial charge on any atom is 0.377 e. The Morgan fingerprint density at radius 3 is 2.89 bits per heavy atom. The molecule has 0 spiro atoms. The summed E-state index contributed by atoms with van der Waals surface area (Å²) >= 11 is 5.87. The fourth-order valence-corrected chi connectivity index (χ4v) is 1.52. The molecule has 19 heavy (non-hydrogen) atoms. The van der Waals surface area contributed by atoms with Gasteiger partial charge in [-0.05, 0) is 0 Å². The summed E-state index contributed by atoms with van der Waals surface area (Å²) in [4.78, 5) is 23.2. The molecule has 100 valence electrons. The molecular weight excluding hydrogens is 274 g/mol. The van der Waals surface area contributed by atoms with Crippen molar-refractivity contribution >= 4 is 17.6 Å². The second-order valence-electron chi connectivity index (χ2n) is 3.40. The van der Waals surface area contributed by atoms with Crippen LogP contribution in [0.3, 0.4) is 0 Å². The Morgan fingerprint density at radius 1 is 1.42 bits per heavy atom. The fraction of sp³-hybridized carbons (Fsp3) is 0.300. The highest BCUT2D eigenvalue weighted by molar-refractivity contribution is 6.29. The van der Waals surface area contributed by atoms with Gasteiger partial charge in [-0.1, -0.05) is 11.6 Å². The third-order valence-corrected chi connectivity index (χ3v) is 2.29. The molecule has 0 saturated heterocycles. The molecule has 0 bridgehead atoms. The summed E-state index contributed by atoms with van der Waals surface area (Å²) in [6, 6.07) is 1.50. The van der Waals surface area contributed by atoms with Crippen LogP contribution >= 0.6 is 11.6 Å². The summed E-state index contributed by atoms with van der Waals surface area (Å²) in [5, 5.41) is 4.18. The Balaban J connectivity index is 2.35. The highest BCUT2D eigenvalue weighted by Gasteiger charge is 2.13. The highest BCUT2D eigenvalue weighted by Crippen LogP contribution is 2.11. The van der Waals surface area contributed by atoms with Gasteiger partial charge in [0, 0.05) is 13.2 Å². The number of carbonyl (C=O) groups is 1. The van der Waals surface area contributed by atoms with Gasteiger partial charge in [0.1, 0.15) is 18.1 Å². The highest BCUT2D eigenvalue weighted by atomic mass is 35.5. The van der Waals surface area contributed by atoms with Crippen molar-refractivity contribution in [1.29, 1.82) is 0 Å². The van der Waals surface area contributed by atoms with E-state index >= 15 is 0 Å². The van der Waals surface area contributed by atoms with Gasteiger partial charge in [0.05, 0.1) is 7.11 Å². The third kappa shape index (κ3) is 3.04. The molecule has 9 heteroatoms. The minimum absolute atomic E-state index is 0.0643. The van der Waals surface area contributed by atoms with E-state index in [1.807, 2.05) is 0 Å². The molecule has 0 unspecified atom stereocenters. The van der Waals surface area contributed by atoms with Crippen LogP contribution in [0, 0.1) is 0 Å². The Bertz CT molecular complexity index is 601. The Labute approximate surface area is 113 Å². The van der Waals surface area contributed by atoms with E-state index < -0.39 is 5.97 Å². The molecular formula is C10H10ClN5O3. The number of aromatic nitrogens is 5. The van der Waals surface area contributed by atoms with Crippen LogP contribution in [-0.4, -0.2) is 44.9 Å². The summed E-state index contributed by atoms with van der Waals surface area (Å²) < 4.78 is 10.8. The topological polar surface area (TPSA) is 92.0 Å². The first-order valence-corrected chi connectivity index (χ1v) is 5.54. The molecule has 0 aliphatic heterocycles. The first-order valence-electron chi connectivity index (χ1n) is 5.16. The van der Waals surface area contributed by atoms with Crippen LogP contribution in [0.5, 0.6) is 0 Å². The number of esters is 1. The number of nitrogens with zero attached hydrogens (tertiary/aromatic N) is 5. The van der Waals surface area contributed by atoms with Gasteiger partial charge in [-0.2, -0.15) is 0 Å². The molecule has 8 nitrogen and oxygen atoms in total. The molecule has 0 aliphatic rings. The van der Waals surface area contributed by atoms with Crippen LogP contribution < -0.4 is 0 Å². The number of hydrogen-bond acceptors (Lipinski definition) is 7. The minimum atomic E-state index is -0.629. The van der Waals surface area contributed by atoms with Crippen LogP contribution in [0.15, 0.2) is 12.4 Å². The van der Waals surface area contributed by atoms with Crippen molar-refractivity contribution in [3.63, 3.8) is 0 Å². The van der Waals surface area contributed by atoms with E-state index in [-0.39, 0.29) is 17.6 Å². The number of rotatable bonds is 4. The van der Waals surface area contributed by atoms with Gasteiger partial charge >= 0.3 is 5.97 Å². The molecule has 0 aliphatic carbocycles. The standard InChI is InChI=1S/C10H10ClN5O3/c1-18-4-7-13-6(11)3-8(14-7)16-5-12-9(15-16)10(17)19-2/h3,5H,4H2,1-2H3. The quantitative estimate of drug-likeness (QED) is 0.600. The smallest absolute Gasteiger partial charge is 0.377 e. The number of hydrogen-bond donors (Lipinski definition) is 0. The number of halogens is 1. The molecule has 0 radical (unpaired) electrons. The lowest BCUT2D eigenvalue weighted by Gasteiger charge is -2.03. The van der Waals surface area contributed by atoms with Gasteiger partial charge in [-0.25, -0.2) is 24.4 Å². The fourth-order valence-electron chi connectivity index (χ4n) is 1.32. The first kappa shape index (κ1) is 13.4. The summed E-state index contributed by atoms with van der Waals surface area (Å²) in [6.45, 7) is 0.214. The number of carbonyl (C=O) groups excluding carboxylic acids is 1. The van der Waals surface area contributed by atoms with Crippen molar-refractivity contribution in [3.05, 3.63) is 29.2 Å². The van der Waals surface area contributed by atoms with Crippen LogP contribution in [0.1, 0.15) is 16.4 Å². The maximum atomic E-state index is 11.3. The number of ether oxygens (including phenoxy) is 2. The van der Waals surface area contributed by atoms with Gasteiger partial charge in [-0.3, -0.25) is 0 Å². The molecule has 0 aromatic carbocycles. The summed E-state index contributed by atoms with van der Waals surface area (Å²) in [5.74, 6) is 0.0939. The largest absolute Gasteiger partial charge is 0.463 e. The minimum Gasteiger partial charge on any atom is -0.463 e. The first-order chi connectivity index (χ1) is 9.13. The SMILES string of the molecule is COCc1nc(Cl)cc(-n2cnc(C(=O)OC)n2)n1. The molecule has 2 aromatic rings. The second kappa shape index (κ2) is 5.72. The van der Waals surface area contributed by atoms with E-state index in [2.05, 4.69) is 24.8 Å². The average Bonchev–Trinajstić information content (AvgIpc) is 2.87. The molecule has 0 fully saturated rings. The van der Waals surface area contributed by atoms with Crippen LogP contribution in [0.2, 0.25) is 5.15 Å². The van der Waals surface area contributed by atoms with Crippen molar-refractivity contribution in [2.75, 3.05) is 14.2 Å². The van der Waals surface area contributed by atoms with Crippen molar-refractivity contribution in [3.8, 4) is 5.82 Å². The summed E-state index contributed by atoms with van der Waals surface area (Å²) in [6.07, 6.45) is 1.33. The lowest BCUT2D eigenvalue weighted by Crippen LogP contribution is -2.07. The van der Waals surface area contributed by atoms with E-state index in [9.17, 15) is 4.79 Å². The van der Waals surface area contributed by atoms with E-state index in [1.54, 1.807) is 0 Å².